The molecule has 0 aromatic heterocycles. The summed E-state index contributed by atoms with van der Waals surface area (Å²) in [5.41, 5.74) is 11.1. The largest absolute Gasteiger partial charge is 0.334 e. The van der Waals surface area contributed by atoms with Crippen LogP contribution in [0.1, 0.15) is 56.2 Å². The number of carbonyl (C=O) groups is 2. The highest BCUT2D eigenvalue weighted by Crippen LogP contribution is 2.32. The molecule has 2 aliphatic rings. The molecule has 2 heterocycles. The van der Waals surface area contributed by atoms with Crippen molar-refractivity contribution in [2.75, 3.05) is 13.1 Å². The van der Waals surface area contributed by atoms with E-state index in [4.69, 9.17) is 5.73 Å². The van der Waals surface area contributed by atoms with E-state index in [0.717, 1.165) is 49.8 Å². The number of piperidine rings is 1. The second kappa shape index (κ2) is 8.67. The van der Waals surface area contributed by atoms with E-state index in [9.17, 15) is 9.59 Å². The quantitative estimate of drug-likeness (QED) is 0.852. The first kappa shape index (κ1) is 19.6. The smallest absolute Gasteiger partial charge is 0.253 e. The Bertz CT molecular complexity index is 703. The lowest BCUT2D eigenvalue weighted by Gasteiger charge is -2.41. The van der Waals surface area contributed by atoms with E-state index >= 15 is 0 Å². The van der Waals surface area contributed by atoms with Crippen LogP contribution < -0.4 is 11.2 Å². The van der Waals surface area contributed by atoms with Crippen molar-refractivity contribution in [2.45, 2.75) is 57.2 Å². The van der Waals surface area contributed by atoms with Crippen molar-refractivity contribution in [3.63, 3.8) is 0 Å². The van der Waals surface area contributed by atoms with Crippen LogP contribution in [0.3, 0.4) is 0 Å². The number of hydrogen-bond donors (Lipinski definition) is 2. The van der Waals surface area contributed by atoms with Crippen molar-refractivity contribution in [3.8, 4) is 0 Å². The van der Waals surface area contributed by atoms with Gasteiger partial charge in [-0.05, 0) is 56.2 Å². The maximum Gasteiger partial charge on any atom is 0.253 e. The standard InChI is InChI=1S/C21H30N4O2/c1-3-16-8-6-9-17(14-16)19-11-4-5-12-24(19)21(27)18-10-7-13-25(23-18)20(26)15(2)22/h3,6,8-9,14-15,18-19,23H,1,4-5,7,10-13,22H2,2H3/t15-,18-,19?/m0/s1. The SMILES string of the molecule is C=Cc1cccc(C2CCCCN2C(=O)[C@@H]2CCCN(C(=O)[C@H](C)N)N2)c1. The molecule has 6 heteroatoms. The summed E-state index contributed by atoms with van der Waals surface area (Å²) in [7, 11) is 0. The van der Waals surface area contributed by atoms with Gasteiger partial charge >= 0.3 is 0 Å². The van der Waals surface area contributed by atoms with Crippen LogP contribution in [-0.2, 0) is 9.59 Å². The molecule has 146 valence electrons. The Morgan fingerprint density at radius 2 is 2.07 bits per heavy atom. The minimum absolute atomic E-state index is 0.0749. The molecule has 0 radical (unpaired) electrons. The first-order valence-electron chi connectivity index (χ1n) is 9.87. The van der Waals surface area contributed by atoms with Crippen LogP contribution in [0.2, 0.25) is 0 Å². The van der Waals surface area contributed by atoms with E-state index in [1.807, 2.05) is 23.1 Å². The number of carbonyl (C=O) groups excluding carboxylic acids is 2. The van der Waals surface area contributed by atoms with Gasteiger partial charge in [0.2, 0.25) is 5.91 Å². The maximum atomic E-state index is 13.3. The highest BCUT2D eigenvalue weighted by molar-refractivity contribution is 5.85. The van der Waals surface area contributed by atoms with Crippen LogP contribution in [0, 0.1) is 0 Å². The minimum atomic E-state index is -0.573. The molecule has 2 aliphatic heterocycles. The van der Waals surface area contributed by atoms with Crippen LogP contribution in [0.5, 0.6) is 0 Å². The molecule has 2 saturated heterocycles. The zero-order valence-electron chi connectivity index (χ0n) is 16.1. The van der Waals surface area contributed by atoms with E-state index in [1.165, 1.54) is 5.01 Å². The van der Waals surface area contributed by atoms with Gasteiger partial charge in [0.15, 0.2) is 0 Å². The molecule has 0 spiro atoms. The van der Waals surface area contributed by atoms with Gasteiger partial charge in [0.05, 0.1) is 12.1 Å². The van der Waals surface area contributed by atoms with E-state index in [2.05, 4.69) is 24.1 Å². The van der Waals surface area contributed by atoms with Crippen LogP contribution in [0.25, 0.3) is 6.08 Å². The number of amides is 2. The fourth-order valence-corrected chi connectivity index (χ4v) is 4.00. The number of rotatable bonds is 4. The minimum Gasteiger partial charge on any atom is -0.334 e. The summed E-state index contributed by atoms with van der Waals surface area (Å²) >= 11 is 0. The molecule has 0 aliphatic carbocycles. The summed E-state index contributed by atoms with van der Waals surface area (Å²) < 4.78 is 0. The summed E-state index contributed by atoms with van der Waals surface area (Å²) in [5.74, 6) is -0.0905. The Morgan fingerprint density at radius 3 is 2.81 bits per heavy atom. The number of likely N-dealkylation sites (tertiary alicyclic amines) is 1. The second-order valence-corrected chi connectivity index (χ2v) is 7.52. The lowest BCUT2D eigenvalue weighted by Crippen LogP contribution is -2.60. The highest BCUT2D eigenvalue weighted by Gasteiger charge is 2.35. The van der Waals surface area contributed by atoms with Crippen molar-refractivity contribution >= 4 is 17.9 Å². The van der Waals surface area contributed by atoms with Gasteiger partial charge in [-0.2, -0.15) is 0 Å². The van der Waals surface area contributed by atoms with Crippen LogP contribution in [0.4, 0.5) is 0 Å². The van der Waals surface area contributed by atoms with E-state index in [-0.39, 0.29) is 23.9 Å². The van der Waals surface area contributed by atoms with Crippen molar-refractivity contribution < 1.29 is 9.59 Å². The highest BCUT2D eigenvalue weighted by atomic mass is 16.2. The molecule has 2 fully saturated rings. The average molecular weight is 370 g/mol. The third kappa shape index (κ3) is 4.39. The molecule has 1 unspecified atom stereocenters. The van der Waals surface area contributed by atoms with Crippen molar-refractivity contribution in [3.05, 3.63) is 42.0 Å². The Balaban J connectivity index is 1.76. The van der Waals surface area contributed by atoms with Gasteiger partial charge in [0.25, 0.3) is 5.91 Å². The van der Waals surface area contributed by atoms with Gasteiger partial charge in [-0.1, -0.05) is 30.9 Å². The Kier molecular flexibility index (Phi) is 6.29. The van der Waals surface area contributed by atoms with Crippen molar-refractivity contribution in [1.29, 1.82) is 0 Å². The molecular formula is C21H30N4O2. The Morgan fingerprint density at radius 1 is 1.26 bits per heavy atom. The third-order valence-corrected chi connectivity index (χ3v) is 5.46. The molecule has 3 rings (SSSR count). The summed E-state index contributed by atoms with van der Waals surface area (Å²) in [6.07, 6.45) is 6.45. The Labute approximate surface area is 161 Å². The summed E-state index contributed by atoms with van der Waals surface area (Å²) in [6, 6.07) is 7.37. The van der Waals surface area contributed by atoms with Gasteiger partial charge < -0.3 is 10.6 Å². The number of nitrogens with zero attached hydrogens (tertiary/aromatic N) is 2. The zero-order valence-corrected chi connectivity index (χ0v) is 16.1. The maximum absolute atomic E-state index is 13.3. The average Bonchev–Trinajstić information content (AvgIpc) is 2.72. The molecule has 2 amide bonds. The molecule has 3 atom stereocenters. The van der Waals surface area contributed by atoms with Gasteiger partial charge in [-0.25, -0.2) is 5.43 Å². The Hall–Kier alpha value is -2.18. The first-order chi connectivity index (χ1) is 13.0. The van der Waals surface area contributed by atoms with Gasteiger partial charge in [0, 0.05) is 13.1 Å². The summed E-state index contributed by atoms with van der Waals surface area (Å²) in [4.78, 5) is 27.5. The van der Waals surface area contributed by atoms with Crippen LogP contribution in [0.15, 0.2) is 30.8 Å². The van der Waals surface area contributed by atoms with Crippen molar-refractivity contribution in [1.82, 2.24) is 15.3 Å². The molecule has 0 saturated carbocycles. The second-order valence-electron chi connectivity index (χ2n) is 7.52. The normalized spacial score (nSPS) is 24.4. The van der Waals surface area contributed by atoms with Gasteiger partial charge in [-0.15, -0.1) is 0 Å². The molecule has 1 aromatic rings. The van der Waals surface area contributed by atoms with Crippen LogP contribution in [-0.4, -0.2) is 46.9 Å². The lowest BCUT2D eigenvalue weighted by atomic mass is 9.93. The monoisotopic (exact) mass is 370 g/mol. The fourth-order valence-electron chi connectivity index (χ4n) is 4.00. The van der Waals surface area contributed by atoms with E-state index in [1.54, 1.807) is 6.92 Å². The van der Waals surface area contributed by atoms with E-state index in [0.29, 0.717) is 6.54 Å². The zero-order chi connectivity index (χ0) is 19.4. The fraction of sp³-hybridized carbons (Fsp3) is 0.524. The number of benzene rings is 1. The topological polar surface area (TPSA) is 78.7 Å². The number of nitrogens with one attached hydrogen (secondary N) is 1. The number of nitrogens with two attached hydrogens (primary N) is 1. The van der Waals surface area contributed by atoms with Crippen LogP contribution >= 0.6 is 0 Å². The van der Waals surface area contributed by atoms with Gasteiger partial charge in [-0.3, -0.25) is 14.6 Å². The van der Waals surface area contributed by atoms with Gasteiger partial charge in [0.1, 0.15) is 6.04 Å². The summed E-state index contributed by atoms with van der Waals surface area (Å²) in [5, 5.41) is 1.52. The lowest BCUT2D eigenvalue weighted by molar-refractivity contribution is -0.145. The molecule has 0 bridgehead atoms. The molecule has 3 N–H and O–H groups in total. The number of hydrazine groups is 1. The molecule has 1 aromatic carbocycles. The molecule has 6 nitrogen and oxygen atoms in total. The molecular weight excluding hydrogens is 340 g/mol. The number of hydrogen-bond acceptors (Lipinski definition) is 4. The predicted molar refractivity (Wildman–Crippen MR) is 106 cm³/mol. The summed E-state index contributed by atoms with van der Waals surface area (Å²) in [6.45, 7) is 6.86. The third-order valence-electron chi connectivity index (χ3n) is 5.46. The molecule has 27 heavy (non-hydrogen) atoms. The predicted octanol–water partition coefficient (Wildman–Crippen LogP) is 2.23. The first-order valence-corrected chi connectivity index (χ1v) is 9.87. The van der Waals surface area contributed by atoms with E-state index < -0.39 is 6.04 Å². The van der Waals surface area contributed by atoms with Crippen molar-refractivity contribution in [2.24, 2.45) is 5.73 Å².